The van der Waals surface area contributed by atoms with Crippen molar-refractivity contribution in [1.82, 2.24) is 9.78 Å². The Morgan fingerprint density at radius 1 is 1.30 bits per heavy atom. The molecular formula is C16H20N4. The highest BCUT2D eigenvalue weighted by Gasteiger charge is 2.15. The fourth-order valence-corrected chi connectivity index (χ4v) is 2.55. The maximum Gasteiger partial charge on any atom is 0.0669 e. The van der Waals surface area contributed by atoms with E-state index in [-0.39, 0.29) is 6.04 Å². The number of anilines is 1. The highest BCUT2D eigenvalue weighted by atomic mass is 15.3. The first-order valence-corrected chi connectivity index (χ1v) is 6.75. The normalized spacial score (nSPS) is 11.9. The Kier molecular flexibility index (Phi) is 4.09. The van der Waals surface area contributed by atoms with Crippen LogP contribution in [-0.4, -0.2) is 9.78 Å². The smallest absolute Gasteiger partial charge is 0.0669 e. The molecule has 0 fully saturated rings. The van der Waals surface area contributed by atoms with Crippen molar-refractivity contribution in [3.05, 3.63) is 46.8 Å². The quantitative estimate of drug-likeness (QED) is 0.925. The molecule has 0 aliphatic heterocycles. The number of hydrogen-bond donors (Lipinski definition) is 1. The molecule has 0 aliphatic rings. The minimum atomic E-state index is 0.200. The number of nitrogens with zero attached hydrogens (tertiary/aromatic N) is 3. The predicted octanol–water partition coefficient (Wildman–Crippen LogP) is 3.28. The average molecular weight is 268 g/mol. The Morgan fingerprint density at radius 3 is 2.45 bits per heavy atom. The number of nitriles is 1. The molecule has 2 rings (SSSR count). The van der Waals surface area contributed by atoms with Gasteiger partial charge in [0.15, 0.2) is 0 Å². The molecule has 0 aliphatic carbocycles. The maximum atomic E-state index is 8.67. The monoisotopic (exact) mass is 268 g/mol. The number of nitrogens with one attached hydrogen (secondary N) is 1. The van der Waals surface area contributed by atoms with Crippen LogP contribution in [-0.2, 0) is 13.5 Å². The number of aryl methyl sites for hydroxylation is 2. The number of benzene rings is 1. The van der Waals surface area contributed by atoms with Gasteiger partial charge in [0.25, 0.3) is 0 Å². The van der Waals surface area contributed by atoms with Gasteiger partial charge in [-0.25, -0.2) is 0 Å². The SMILES string of the molecule is Cc1nn(C)c(C)c1C(C)Nc1ccc(CC#N)cc1. The third-order valence-corrected chi connectivity index (χ3v) is 3.62. The Balaban J connectivity index is 2.15. The van der Waals surface area contributed by atoms with Crippen LogP contribution in [0, 0.1) is 25.2 Å². The van der Waals surface area contributed by atoms with Crippen LogP contribution < -0.4 is 5.32 Å². The first-order valence-electron chi connectivity index (χ1n) is 6.75. The molecule has 0 radical (unpaired) electrons. The molecule has 1 atom stereocenters. The van der Waals surface area contributed by atoms with Gasteiger partial charge in [-0.2, -0.15) is 10.4 Å². The molecule has 104 valence electrons. The van der Waals surface area contributed by atoms with Crippen LogP contribution in [0.15, 0.2) is 24.3 Å². The second-order valence-electron chi connectivity index (χ2n) is 5.11. The van der Waals surface area contributed by atoms with Crippen molar-refractivity contribution in [2.24, 2.45) is 7.05 Å². The minimum Gasteiger partial charge on any atom is -0.378 e. The number of hydrogen-bond acceptors (Lipinski definition) is 3. The summed E-state index contributed by atoms with van der Waals surface area (Å²) in [6.45, 7) is 6.26. The van der Waals surface area contributed by atoms with Crippen molar-refractivity contribution < 1.29 is 0 Å². The Morgan fingerprint density at radius 2 is 1.95 bits per heavy atom. The van der Waals surface area contributed by atoms with E-state index < -0.39 is 0 Å². The van der Waals surface area contributed by atoms with Gasteiger partial charge < -0.3 is 5.32 Å². The molecule has 0 amide bonds. The van der Waals surface area contributed by atoms with E-state index in [1.807, 2.05) is 42.9 Å². The molecule has 1 heterocycles. The van der Waals surface area contributed by atoms with Crippen LogP contribution in [0.1, 0.15) is 35.5 Å². The second kappa shape index (κ2) is 5.79. The molecular weight excluding hydrogens is 248 g/mol. The van der Waals surface area contributed by atoms with E-state index in [2.05, 4.69) is 30.3 Å². The molecule has 1 unspecified atom stereocenters. The van der Waals surface area contributed by atoms with E-state index >= 15 is 0 Å². The molecule has 2 aromatic rings. The lowest BCUT2D eigenvalue weighted by atomic mass is 10.1. The van der Waals surface area contributed by atoms with Gasteiger partial charge in [-0.1, -0.05) is 12.1 Å². The molecule has 0 saturated carbocycles. The van der Waals surface area contributed by atoms with Gasteiger partial charge in [0, 0.05) is 24.0 Å². The summed E-state index contributed by atoms with van der Waals surface area (Å²) >= 11 is 0. The molecule has 0 bridgehead atoms. The summed E-state index contributed by atoms with van der Waals surface area (Å²) in [5.74, 6) is 0. The van der Waals surface area contributed by atoms with Crippen LogP contribution in [0.25, 0.3) is 0 Å². The van der Waals surface area contributed by atoms with Gasteiger partial charge in [0.1, 0.15) is 0 Å². The summed E-state index contributed by atoms with van der Waals surface area (Å²) in [6, 6.07) is 10.4. The van der Waals surface area contributed by atoms with E-state index in [1.165, 1.54) is 11.3 Å². The Labute approximate surface area is 120 Å². The summed E-state index contributed by atoms with van der Waals surface area (Å²) in [6.07, 6.45) is 0.455. The van der Waals surface area contributed by atoms with E-state index in [9.17, 15) is 0 Å². The van der Waals surface area contributed by atoms with Gasteiger partial charge in [-0.15, -0.1) is 0 Å². The van der Waals surface area contributed by atoms with Crippen LogP contribution in [0.5, 0.6) is 0 Å². The van der Waals surface area contributed by atoms with Gasteiger partial charge >= 0.3 is 0 Å². The van der Waals surface area contributed by atoms with E-state index in [4.69, 9.17) is 5.26 Å². The predicted molar refractivity (Wildman–Crippen MR) is 80.5 cm³/mol. The zero-order valence-electron chi connectivity index (χ0n) is 12.4. The molecule has 0 spiro atoms. The number of rotatable bonds is 4. The summed E-state index contributed by atoms with van der Waals surface area (Å²) in [4.78, 5) is 0. The third kappa shape index (κ3) is 2.83. The van der Waals surface area contributed by atoms with Crippen molar-refractivity contribution in [1.29, 1.82) is 5.26 Å². The molecule has 1 aromatic carbocycles. The zero-order valence-corrected chi connectivity index (χ0v) is 12.4. The molecule has 20 heavy (non-hydrogen) atoms. The summed E-state index contributed by atoms with van der Waals surface area (Å²) in [5.41, 5.74) is 5.59. The first kappa shape index (κ1) is 14.1. The lowest BCUT2D eigenvalue weighted by Crippen LogP contribution is -2.09. The molecule has 0 saturated heterocycles. The third-order valence-electron chi connectivity index (χ3n) is 3.62. The van der Waals surface area contributed by atoms with Crippen molar-refractivity contribution in [3.8, 4) is 6.07 Å². The lowest BCUT2D eigenvalue weighted by Gasteiger charge is -2.16. The first-order chi connectivity index (χ1) is 9.52. The summed E-state index contributed by atoms with van der Waals surface area (Å²) < 4.78 is 1.92. The van der Waals surface area contributed by atoms with Crippen molar-refractivity contribution >= 4 is 5.69 Å². The minimum absolute atomic E-state index is 0.200. The Bertz CT molecular complexity index is 632. The second-order valence-corrected chi connectivity index (χ2v) is 5.11. The van der Waals surface area contributed by atoms with Gasteiger partial charge in [0.05, 0.1) is 24.2 Å². The van der Waals surface area contributed by atoms with Gasteiger partial charge in [-0.05, 0) is 38.5 Å². The van der Waals surface area contributed by atoms with Crippen LogP contribution >= 0.6 is 0 Å². The average Bonchev–Trinajstić information content (AvgIpc) is 2.66. The maximum absolute atomic E-state index is 8.67. The number of aromatic nitrogens is 2. The molecule has 1 N–H and O–H groups in total. The van der Waals surface area contributed by atoms with Crippen LogP contribution in [0.4, 0.5) is 5.69 Å². The van der Waals surface area contributed by atoms with E-state index in [1.54, 1.807) is 0 Å². The standard InChI is InChI=1S/C16H20N4/c1-11(16-12(2)19-20(4)13(16)3)18-15-7-5-14(6-8-15)9-10-17/h5-8,11,18H,9H2,1-4H3. The fourth-order valence-electron chi connectivity index (χ4n) is 2.55. The molecule has 1 aromatic heterocycles. The van der Waals surface area contributed by atoms with Crippen LogP contribution in [0.3, 0.4) is 0 Å². The van der Waals surface area contributed by atoms with Gasteiger partial charge in [0.2, 0.25) is 0 Å². The molecule has 4 heteroatoms. The Hall–Kier alpha value is -2.28. The lowest BCUT2D eigenvalue weighted by molar-refractivity contribution is 0.728. The fraction of sp³-hybridized carbons (Fsp3) is 0.375. The summed E-state index contributed by atoms with van der Waals surface area (Å²) in [7, 11) is 1.97. The zero-order chi connectivity index (χ0) is 14.7. The summed E-state index contributed by atoms with van der Waals surface area (Å²) in [5, 5.41) is 16.6. The van der Waals surface area contributed by atoms with Crippen molar-refractivity contribution in [3.63, 3.8) is 0 Å². The largest absolute Gasteiger partial charge is 0.378 e. The molecule has 4 nitrogen and oxygen atoms in total. The van der Waals surface area contributed by atoms with Crippen molar-refractivity contribution in [2.75, 3.05) is 5.32 Å². The van der Waals surface area contributed by atoms with Gasteiger partial charge in [-0.3, -0.25) is 4.68 Å². The van der Waals surface area contributed by atoms with E-state index in [0.29, 0.717) is 6.42 Å². The van der Waals surface area contributed by atoms with E-state index in [0.717, 1.165) is 16.9 Å². The topological polar surface area (TPSA) is 53.6 Å². The highest BCUT2D eigenvalue weighted by molar-refractivity contribution is 5.48. The van der Waals surface area contributed by atoms with Crippen molar-refractivity contribution in [2.45, 2.75) is 33.2 Å². The van der Waals surface area contributed by atoms with Crippen LogP contribution in [0.2, 0.25) is 0 Å². The highest BCUT2D eigenvalue weighted by Crippen LogP contribution is 2.24.